The number of carbonyl (C=O) groups is 1. The van der Waals surface area contributed by atoms with Gasteiger partial charge >= 0.3 is 5.92 Å². The minimum Gasteiger partial charge on any atom is -0.378 e. The number of hydrogen-bond acceptors (Lipinski definition) is 4. The van der Waals surface area contributed by atoms with Crippen LogP contribution in [0.4, 0.5) is 8.78 Å². The van der Waals surface area contributed by atoms with E-state index in [-0.39, 0.29) is 37.3 Å². The van der Waals surface area contributed by atoms with Crippen molar-refractivity contribution in [3.05, 3.63) is 0 Å². The molecule has 3 aliphatic rings. The molecule has 3 fully saturated rings. The molecule has 0 aromatic heterocycles. The van der Waals surface area contributed by atoms with Gasteiger partial charge in [0, 0.05) is 32.5 Å². The van der Waals surface area contributed by atoms with Crippen molar-refractivity contribution >= 4 is 5.78 Å². The van der Waals surface area contributed by atoms with Crippen LogP contribution < -0.4 is 0 Å². The maximum Gasteiger partial charge on any atom is 0.305 e. The third kappa shape index (κ3) is 4.82. The summed E-state index contributed by atoms with van der Waals surface area (Å²) in [7, 11) is 0. The van der Waals surface area contributed by atoms with Gasteiger partial charge in [0.1, 0.15) is 0 Å². The molecule has 1 unspecified atom stereocenters. The molecule has 3 rings (SSSR count). The van der Waals surface area contributed by atoms with Crippen molar-refractivity contribution in [2.24, 2.45) is 11.8 Å². The smallest absolute Gasteiger partial charge is 0.305 e. The second-order valence-electron chi connectivity index (χ2n) is 8.00. The van der Waals surface area contributed by atoms with E-state index in [1.54, 1.807) is 6.92 Å². The van der Waals surface area contributed by atoms with Gasteiger partial charge < -0.3 is 14.2 Å². The van der Waals surface area contributed by atoms with E-state index in [0.29, 0.717) is 25.2 Å². The summed E-state index contributed by atoms with van der Waals surface area (Å²) in [6.07, 6.45) is 6.03. The van der Waals surface area contributed by atoms with Crippen molar-refractivity contribution in [1.29, 1.82) is 0 Å². The third-order valence-electron chi connectivity index (χ3n) is 6.13. The van der Waals surface area contributed by atoms with Crippen LogP contribution in [0.1, 0.15) is 71.1 Å². The van der Waals surface area contributed by atoms with Crippen molar-refractivity contribution in [2.75, 3.05) is 13.2 Å². The van der Waals surface area contributed by atoms with Crippen molar-refractivity contribution in [1.82, 2.24) is 0 Å². The van der Waals surface area contributed by atoms with Gasteiger partial charge in [0.05, 0.1) is 12.2 Å². The van der Waals surface area contributed by atoms with E-state index in [4.69, 9.17) is 14.2 Å². The molecule has 0 N–H and O–H groups in total. The summed E-state index contributed by atoms with van der Waals surface area (Å²) in [5.41, 5.74) is 0. The number of alkyl halides is 2. The van der Waals surface area contributed by atoms with Crippen LogP contribution in [0.2, 0.25) is 0 Å². The van der Waals surface area contributed by atoms with Crippen LogP contribution in [0.15, 0.2) is 0 Å². The topological polar surface area (TPSA) is 44.8 Å². The van der Waals surface area contributed by atoms with Crippen LogP contribution in [-0.4, -0.2) is 43.4 Å². The Hall–Kier alpha value is -0.590. The normalized spacial score (nSPS) is 34.8. The van der Waals surface area contributed by atoms with E-state index < -0.39 is 11.7 Å². The van der Waals surface area contributed by atoms with Crippen LogP contribution in [0, 0.1) is 11.8 Å². The lowest BCUT2D eigenvalue weighted by atomic mass is 9.87. The van der Waals surface area contributed by atoms with Crippen LogP contribution >= 0.6 is 0 Å². The van der Waals surface area contributed by atoms with Gasteiger partial charge in [0.25, 0.3) is 0 Å². The highest BCUT2D eigenvalue weighted by atomic mass is 19.3. The zero-order valence-corrected chi connectivity index (χ0v) is 15.8. The Labute approximate surface area is 154 Å². The Balaban J connectivity index is 1.53. The summed E-state index contributed by atoms with van der Waals surface area (Å²) in [5.74, 6) is -3.49. The zero-order valence-electron chi connectivity index (χ0n) is 15.8. The lowest BCUT2D eigenvalue weighted by Gasteiger charge is -2.30. The predicted octanol–water partition coefficient (Wildman–Crippen LogP) is 4.50. The molecule has 1 aliphatic carbocycles. The van der Waals surface area contributed by atoms with Gasteiger partial charge in [-0.3, -0.25) is 4.79 Å². The van der Waals surface area contributed by atoms with Crippen molar-refractivity contribution in [3.8, 4) is 0 Å². The van der Waals surface area contributed by atoms with Gasteiger partial charge in [-0.2, -0.15) is 8.78 Å². The number of hydrogen-bond donors (Lipinski definition) is 0. The molecule has 2 heterocycles. The van der Waals surface area contributed by atoms with E-state index in [0.717, 1.165) is 45.3 Å². The van der Waals surface area contributed by atoms with E-state index in [1.807, 2.05) is 0 Å². The van der Waals surface area contributed by atoms with Gasteiger partial charge in [-0.05, 0) is 56.8 Å². The average Bonchev–Trinajstić information content (AvgIpc) is 3.18. The number of fused-ring (bicyclic) bond motifs is 1. The second kappa shape index (κ2) is 9.07. The summed E-state index contributed by atoms with van der Waals surface area (Å²) in [5, 5.41) is 0. The molecule has 6 heteroatoms. The fraction of sp³-hybridized carbons (Fsp3) is 0.950. The summed E-state index contributed by atoms with van der Waals surface area (Å²) in [6.45, 7) is 3.24. The number of carbonyl (C=O) groups excluding carboxylic acids is 1. The maximum absolute atomic E-state index is 14.0. The molecule has 2 aliphatic heterocycles. The lowest BCUT2D eigenvalue weighted by molar-refractivity contribution is -0.197. The number of rotatable bonds is 9. The third-order valence-corrected chi connectivity index (χ3v) is 6.13. The molecule has 0 amide bonds. The minimum absolute atomic E-state index is 0.0216. The highest BCUT2D eigenvalue weighted by molar-refractivity contribution is 5.85. The number of ketones is 1. The van der Waals surface area contributed by atoms with Gasteiger partial charge in [0.15, 0.2) is 6.29 Å². The highest BCUT2D eigenvalue weighted by Gasteiger charge is 2.48. The summed E-state index contributed by atoms with van der Waals surface area (Å²) < 4.78 is 45.7. The summed E-state index contributed by atoms with van der Waals surface area (Å²) in [6, 6.07) is 0. The molecule has 4 nitrogen and oxygen atoms in total. The molecule has 0 aromatic rings. The molecule has 150 valence electrons. The van der Waals surface area contributed by atoms with Crippen LogP contribution in [-0.2, 0) is 19.0 Å². The Morgan fingerprint density at radius 3 is 2.77 bits per heavy atom. The molecule has 0 aromatic carbocycles. The SMILES string of the molecule is CCCC(=O)C(F)(F)CCC[C@@H]1[C@H]2CCO[C@H]2C[C@H]1OC1CCCCO1. The minimum atomic E-state index is -3.19. The highest BCUT2D eigenvalue weighted by Crippen LogP contribution is 2.45. The quantitative estimate of drug-likeness (QED) is 0.596. The van der Waals surface area contributed by atoms with Crippen LogP contribution in [0.3, 0.4) is 0 Å². The van der Waals surface area contributed by atoms with Gasteiger partial charge in [0.2, 0.25) is 5.78 Å². The Morgan fingerprint density at radius 2 is 2.04 bits per heavy atom. The number of Topliss-reactive ketones (excluding diaryl/α,β-unsaturated/α-hetero) is 1. The largest absolute Gasteiger partial charge is 0.378 e. The fourth-order valence-electron chi connectivity index (χ4n) is 4.76. The molecular weight excluding hydrogens is 342 g/mol. The average molecular weight is 374 g/mol. The number of halogens is 2. The molecule has 0 spiro atoms. The predicted molar refractivity (Wildman–Crippen MR) is 93.1 cm³/mol. The lowest BCUT2D eigenvalue weighted by Crippen LogP contribution is -2.32. The van der Waals surface area contributed by atoms with Gasteiger partial charge in [-0.25, -0.2) is 0 Å². The monoisotopic (exact) mass is 374 g/mol. The molecule has 26 heavy (non-hydrogen) atoms. The summed E-state index contributed by atoms with van der Waals surface area (Å²) >= 11 is 0. The molecule has 0 radical (unpaired) electrons. The first-order valence-corrected chi connectivity index (χ1v) is 10.3. The molecule has 5 atom stereocenters. The summed E-state index contributed by atoms with van der Waals surface area (Å²) in [4.78, 5) is 11.6. The molecule has 2 saturated heterocycles. The Kier molecular flexibility index (Phi) is 7.03. The van der Waals surface area contributed by atoms with Gasteiger partial charge in [-0.1, -0.05) is 6.92 Å². The van der Waals surface area contributed by atoms with Crippen molar-refractivity contribution < 1.29 is 27.8 Å². The van der Waals surface area contributed by atoms with Crippen LogP contribution in [0.5, 0.6) is 0 Å². The Morgan fingerprint density at radius 1 is 1.19 bits per heavy atom. The van der Waals surface area contributed by atoms with E-state index in [2.05, 4.69) is 0 Å². The first-order chi connectivity index (χ1) is 12.5. The first-order valence-electron chi connectivity index (χ1n) is 10.3. The maximum atomic E-state index is 14.0. The molecule has 0 bridgehead atoms. The first kappa shape index (κ1) is 20.2. The molecular formula is C20H32F2O4. The van der Waals surface area contributed by atoms with E-state index in [9.17, 15) is 13.6 Å². The van der Waals surface area contributed by atoms with Crippen molar-refractivity contribution in [2.45, 2.75) is 95.6 Å². The standard InChI is InChI=1S/C20H32F2O4/c1-2-6-18(23)20(21,22)10-5-7-14-15-9-12-24-16(15)13-17(14)26-19-8-3-4-11-25-19/h14-17,19H,2-13H2,1H3/t14-,15-,16+,17-,19?/m1/s1. The molecule has 1 saturated carbocycles. The second-order valence-corrected chi connectivity index (χ2v) is 8.00. The van der Waals surface area contributed by atoms with Gasteiger partial charge in [-0.15, -0.1) is 0 Å². The van der Waals surface area contributed by atoms with E-state index in [1.165, 1.54) is 0 Å². The van der Waals surface area contributed by atoms with Crippen LogP contribution in [0.25, 0.3) is 0 Å². The van der Waals surface area contributed by atoms with E-state index >= 15 is 0 Å². The fourth-order valence-corrected chi connectivity index (χ4v) is 4.76. The zero-order chi connectivity index (χ0) is 18.6. The number of ether oxygens (including phenoxy) is 3. The van der Waals surface area contributed by atoms with Crippen molar-refractivity contribution in [3.63, 3.8) is 0 Å². The Bertz CT molecular complexity index is 465.